The molecule has 8 heteroatoms. The van der Waals surface area contributed by atoms with Crippen molar-refractivity contribution in [3.8, 4) is 0 Å². The minimum Gasteiger partial charge on any atom is -0.457 e. The molecule has 194 valence electrons. The number of aromatic nitrogens is 2. The molecule has 0 fully saturated rings. The van der Waals surface area contributed by atoms with Crippen molar-refractivity contribution in [1.82, 2.24) is 9.55 Å². The quantitative estimate of drug-likeness (QED) is 0.430. The maximum atomic E-state index is 13.4. The van der Waals surface area contributed by atoms with Gasteiger partial charge in [-0.2, -0.15) is 0 Å². The van der Waals surface area contributed by atoms with Gasteiger partial charge in [0, 0.05) is 25.4 Å². The van der Waals surface area contributed by atoms with Crippen molar-refractivity contribution in [2.75, 3.05) is 7.11 Å². The fourth-order valence-corrected chi connectivity index (χ4v) is 4.88. The Labute approximate surface area is 208 Å². The van der Waals surface area contributed by atoms with Crippen molar-refractivity contribution in [2.45, 2.75) is 85.0 Å². The molecular weight excluding hydrogens is 448 g/mol. The van der Waals surface area contributed by atoms with Gasteiger partial charge in [0.15, 0.2) is 11.4 Å². The van der Waals surface area contributed by atoms with Crippen LogP contribution in [-0.2, 0) is 23.8 Å². The zero-order valence-electron chi connectivity index (χ0n) is 22.3. The summed E-state index contributed by atoms with van der Waals surface area (Å²) in [6.07, 6.45) is 5.80. The Morgan fingerprint density at radius 3 is 2.40 bits per heavy atom. The van der Waals surface area contributed by atoms with E-state index in [9.17, 15) is 14.4 Å². The predicted octanol–water partition coefficient (Wildman–Crippen LogP) is 5.13. The lowest BCUT2D eigenvalue weighted by molar-refractivity contribution is -0.163. The van der Waals surface area contributed by atoms with Crippen LogP contribution >= 0.6 is 0 Å². The van der Waals surface area contributed by atoms with Crippen molar-refractivity contribution >= 4 is 17.8 Å². The van der Waals surface area contributed by atoms with Crippen LogP contribution in [0.5, 0.6) is 0 Å². The molecule has 35 heavy (non-hydrogen) atoms. The predicted molar refractivity (Wildman–Crippen MR) is 133 cm³/mol. The van der Waals surface area contributed by atoms with Gasteiger partial charge in [0.25, 0.3) is 0 Å². The van der Waals surface area contributed by atoms with Gasteiger partial charge in [-0.25, -0.2) is 14.3 Å². The van der Waals surface area contributed by atoms with E-state index in [0.29, 0.717) is 24.8 Å². The van der Waals surface area contributed by atoms with Gasteiger partial charge in [-0.15, -0.1) is 0 Å². The van der Waals surface area contributed by atoms with Gasteiger partial charge < -0.3 is 14.2 Å². The van der Waals surface area contributed by atoms with Gasteiger partial charge in [0.2, 0.25) is 0 Å². The Bertz CT molecular complexity index is 968. The van der Waals surface area contributed by atoms with Crippen molar-refractivity contribution in [1.29, 1.82) is 0 Å². The summed E-state index contributed by atoms with van der Waals surface area (Å²) in [6.45, 7) is 17.0. The minimum atomic E-state index is -1.40. The van der Waals surface area contributed by atoms with E-state index >= 15 is 0 Å². The zero-order chi connectivity index (χ0) is 26.6. The van der Waals surface area contributed by atoms with Gasteiger partial charge in [0.05, 0.1) is 11.5 Å². The summed E-state index contributed by atoms with van der Waals surface area (Å²) < 4.78 is 18.8. The number of imidazole rings is 1. The first-order chi connectivity index (χ1) is 16.3. The number of ether oxygens (including phenoxy) is 3. The molecule has 0 N–H and O–H groups in total. The Kier molecular flexibility index (Phi) is 9.23. The number of ketones is 1. The first kappa shape index (κ1) is 28.5. The molecule has 0 saturated heterocycles. The molecule has 8 nitrogen and oxygen atoms in total. The smallest absolute Gasteiger partial charge is 0.420 e. The Hall–Kier alpha value is -2.74. The second-order valence-electron chi connectivity index (χ2n) is 10.2. The fraction of sp³-hybridized carbons (Fsp3) is 0.630. The number of nitrogens with zero attached hydrogens (tertiary/aromatic N) is 2. The molecule has 0 spiro atoms. The normalized spacial score (nSPS) is 33.5. The van der Waals surface area contributed by atoms with E-state index in [4.69, 9.17) is 14.2 Å². The third-order valence-electron chi connectivity index (χ3n) is 7.14. The number of carbonyl (C=O) groups excluding carboxylic acids is 3. The van der Waals surface area contributed by atoms with Crippen molar-refractivity contribution < 1.29 is 28.6 Å². The van der Waals surface area contributed by atoms with Crippen LogP contribution in [0.3, 0.4) is 0 Å². The zero-order valence-corrected chi connectivity index (χ0v) is 22.3. The van der Waals surface area contributed by atoms with Crippen LogP contribution < -0.4 is 0 Å². The van der Waals surface area contributed by atoms with Gasteiger partial charge in [-0.3, -0.25) is 9.59 Å². The maximum absolute atomic E-state index is 13.4. The average Bonchev–Trinajstić information content (AvgIpc) is 3.35. The third kappa shape index (κ3) is 6.69. The summed E-state index contributed by atoms with van der Waals surface area (Å²) in [6, 6.07) is 0. The van der Waals surface area contributed by atoms with Crippen molar-refractivity contribution in [2.24, 2.45) is 17.8 Å². The standard InChI is InChI=1S/C27H40N2O6/c1-10-22-27(8,35-25(32)29-12-11-28-16-29)15-19(4)23(30)18(3)14-26(7,33-9)13-17(2)20(5)21(6)24(31)34-22/h11-12,15-18,21-22H,5,10,13-14H2,1-4,6-9H3. The lowest BCUT2D eigenvalue weighted by Crippen LogP contribution is -2.46. The molecule has 0 bridgehead atoms. The Balaban J connectivity index is 2.58. The monoisotopic (exact) mass is 488 g/mol. The number of rotatable bonds is 3. The van der Waals surface area contributed by atoms with E-state index < -0.39 is 35.3 Å². The first-order valence-corrected chi connectivity index (χ1v) is 12.2. The molecule has 0 amide bonds. The number of esters is 1. The number of cyclic esters (lactones) is 1. The fourth-order valence-electron chi connectivity index (χ4n) is 4.88. The van der Waals surface area contributed by atoms with Crippen LogP contribution in [-0.4, -0.2) is 51.8 Å². The van der Waals surface area contributed by atoms with Crippen molar-refractivity contribution in [3.05, 3.63) is 42.5 Å². The summed E-state index contributed by atoms with van der Waals surface area (Å²) in [7, 11) is 1.63. The van der Waals surface area contributed by atoms with Crippen LogP contribution in [0.15, 0.2) is 42.5 Å². The Morgan fingerprint density at radius 2 is 1.86 bits per heavy atom. The van der Waals surface area contributed by atoms with E-state index in [1.807, 2.05) is 27.7 Å². The number of hydrogen-bond acceptors (Lipinski definition) is 7. The number of allylic oxidation sites excluding steroid dienone is 1. The highest BCUT2D eigenvalue weighted by Gasteiger charge is 2.42. The second-order valence-corrected chi connectivity index (χ2v) is 10.2. The van der Waals surface area contributed by atoms with Gasteiger partial charge in [-0.1, -0.05) is 32.9 Å². The highest BCUT2D eigenvalue weighted by Crippen LogP contribution is 2.35. The van der Waals surface area contributed by atoms with E-state index in [0.717, 1.165) is 5.57 Å². The summed E-state index contributed by atoms with van der Waals surface area (Å²) >= 11 is 0. The van der Waals surface area contributed by atoms with Crippen LogP contribution in [0.2, 0.25) is 0 Å². The number of methoxy groups -OCH3 is 1. The molecule has 6 unspecified atom stereocenters. The molecule has 1 aromatic rings. The molecule has 1 aliphatic rings. The molecule has 1 aliphatic heterocycles. The lowest BCUT2D eigenvalue weighted by Gasteiger charge is -2.37. The number of carbonyl (C=O) groups is 3. The first-order valence-electron chi connectivity index (χ1n) is 12.2. The average molecular weight is 489 g/mol. The molecule has 0 aromatic carbocycles. The van der Waals surface area contributed by atoms with Gasteiger partial charge in [-0.05, 0) is 64.5 Å². The van der Waals surface area contributed by atoms with Crippen molar-refractivity contribution in [3.63, 3.8) is 0 Å². The molecule has 0 radical (unpaired) electrons. The highest BCUT2D eigenvalue weighted by atomic mass is 16.6. The molecule has 6 atom stereocenters. The minimum absolute atomic E-state index is 0.0464. The van der Waals surface area contributed by atoms with E-state index in [1.165, 1.54) is 23.3 Å². The second kappa shape index (κ2) is 11.3. The van der Waals surface area contributed by atoms with Crippen LogP contribution in [0, 0.1) is 17.8 Å². The highest BCUT2D eigenvalue weighted by molar-refractivity contribution is 5.96. The molecule has 2 rings (SSSR count). The van der Waals surface area contributed by atoms with Crippen LogP contribution in [0.1, 0.15) is 67.7 Å². The van der Waals surface area contributed by atoms with Gasteiger partial charge in [0.1, 0.15) is 12.4 Å². The molecule has 1 aromatic heterocycles. The molecular formula is C27H40N2O6. The van der Waals surface area contributed by atoms with E-state index in [1.54, 1.807) is 34.0 Å². The Morgan fingerprint density at radius 1 is 1.23 bits per heavy atom. The number of hydrogen-bond donors (Lipinski definition) is 0. The SMILES string of the molecule is C=C1C(C)CC(C)(OC)CC(C)C(=O)C(C)=CC(C)(OC(=O)n2ccnc2)C(CC)OC(=O)C1C. The number of Topliss-reactive ketones (excluding diaryl/α,β-unsaturated/α-hetero) is 1. The molecule has 0 saturated carbocycles. The maximum Gasteiger partial charge on any atom is 0.420 e. The topological polar surface area (TPSA) is 96.7 Å². The summed E-state index contributed by atoms with van der Waals surface area (Å²) in [5, 5.41) is 0. The summed E-state index contributed by atoms with van der Waals surface area (Å²) in [4.78, 5) is 43.3. The summed E-state index contributed by atoms with van der Waals surface area (Å²) in [5.74, 6) is -1.50. The third-order valence-corrected chi connectivity index (χ3v) is 7.14. The van der Waals surface area contributed by atoms with E-state index in [-0.39, 0.29) is 17.6 Å². The largest absolute Gasteiger partial charge is 0.457 e. The molecule has 2 heterocycles. The van der Waals surface area contributed by atoms with Gasteiger partial charge >= 0.3 is 12.1 Å². The van der Waals surface area contributed by atoms with Crippen LogP contribution in [0.25, 0.3) is 0 Å². The molecule has 0 aliphatic carbocycles. The lowest BCUT2D eigenvalue weighted by atomic mass is 9.78. The van der Waals surface area contributed by atoms with Crippen LogP contribution in [0.4, 0.5) is 4.79 Å². The summed E-state index contributed by atoms with van der Waals surface area (Å²) in [5.41, 5.74) is -0.830. The van der Waals surface area contributed by atoms with E-state index in [2.05, 4.69) is 11.6 Å².